The molecule has 3 aromatic rings. The summed E-state index contributed by atoms with van der Waals surface area (Å²) in [6, 6.07) is 13.5. The maximum absolute atomic E-state index is 13.0. The van der Waals surface area contributed by atoms with Crippen LogP contribution in [0, 0.1) is 13.8 Å². The smallest absolute Gasteiger partial charge is 0.254 e. The van der Waals surface area contributed by atoms with Crippen molar-refractivity contribution >= 4 is 11.7 Å². The van der Waals surface area contributed by atoms with E-state index in [0.717, 1.165) is 34.4 Å². The molecule has 0 spiro atoms. The van der Waals surface area contributed by atoms with Gasteiger partial charge in [-0.1, -0.05) is 25.1 Å². The van der Waals surface area contributed by atoms with Gasteiger partial charge >= 0.3 is 0 Å². The van der Waals surface area contributed by atoms with E-state index in [1.807, 2.05) is 69.6 Å². The van der Waals surface area contributed by atoms with Crippen molar-refractivity contribution in [1.82, 2.24) is 14.9 Å². The largest absolute Gasteiger partial charge is 0.384 e. The molecule has 0 saturated heterocycles. The van der Waals surface area contributed by atoms with Crippen LogP contribution in [0.5, 0.6) is 0 Å². The van der Waals surface area contributed by atoms with E-state index in [0.29, 0.717) is 11.4 Å². The molecular formula is C23H26N4O. The predicted molar refractivity (Wildman–Crippen MR) is 113 cm³/mol. The normalized spacial score (nSPS) is 11.9. The molecule has 0 bridgehead atoms. The standard InChI is InChI=1S/C23H26N4O/c1-5-20(19-7-6-12-25-14-19)27(4)23(28)18-10-8-17(9-11-18)22-15(2)13-21(24)26-16(22)3/h6-14,20H,5H2,1-4H3,(H2,24,26)/t20-/m0/s1. The number of carbonyl (C=O) groups is 1. The Kier molecular flexibility index (Phi) is 5.73. The molecule has 28 heavy (non-hydrogen) atoms. The molecule has 1 aromatic carbocycles. The van der Waals surface area contributed by atoms with Crippen molar-refractivity contribution in [1.29, 1.82) is 0 Å². The summed E-state index contributed by atoms with van der Waals surface area (Å²) < 4.78 is 0. The molecule has 0 radical (unpaired) electrons. The molecule has 144 valence electrons. The fourth-order valence-corrected chi connectivity index (χ4v) is 3.73. The summed E-state index contributed by atoms with van der Waals surface area (Å²) in [6.45, 7) is 6.04. The maximum Gasteiger partial charge on any atom is 0.254 e. The molecule has 5 heteroatoms. The highest BCUT2D eigenvalue weighted by molar-refractivity contribution is 5.95. The second-order valence-corrected chi connectivity index (χ2v) is 7.03. The molecule has 1 amide bonds. The number of nitrogen functional groups attached to an aromatic ring is 1. The van der Waals surface area contributed by atoms with E-state index in [2.05, 4.69) is 16.9 Å². The van der Waals surface area contributed by atoms with Crippen LogP contribution in [0.25, 0.3) is 11.1 Å². The molecule has 2 aromatic heterocycles. The van der Waals surface area contributed by atoms with E-state index in [9.17, 15) is 4.79 Å². The Bertz CT molecular complexity index is 945. The Balaban J connectivity index is 1.86. The lowest BCUT2D eigenvalue weighted by atomic mass is 9.97. The van der Waals surface area contributed by atoms with Crippen molar-refractivity contribution < 1.29 is 4.79 Å². The number of aryl methyl sites for hydroxylation is 2. The highest BCUT2D eigenvalue weighted by atomic mass is 16.2. The molecule has 0 unspecified atom stereocenters. The van der Waals surface area contributed by atoms with Gasteiger partial charge in [0.15, 0.2) is 0 Å². The van der Waals surface area contributed by atoms with Crippen LogP contribution in [0.4, 0.5) is 5.82 Å². The summed E-state index contributed by atoms with van der Waals surface area (Å²) >= 11 is 0. The van der Waals surface area contributed by atoms with Gasteiger partial charge in [-0.3, -0.25) is 9.78 Å². The van der Waals surface area contributed by atoms with Gasteiger partial charge in [0, 0.05) is 36.3 Å². The van der Waals surface area contributed by atoms with Gasteiger partial charge in [-0.05, 0) is 61.2 Å². The first-order valence-electron chi connectivity index (χ1n) is 9.43. The van der Waals surface area contributed by atoms with Crippen LogP contribution in [0.1, 0.15) is 46.6 Å². The van der Waals surface area contributed by atoms with Gasteiger partial charge in [0.25, 0.3) is 5.91 Å². The summed E-state index contributed by atoms with van der Waals surface area (Å²) in [4.78, 5) is 23.4. The number of amides is 1. The molecule has 2 heterocycles. The molecule has 0 saturated carbocycles. The van der Waals surface area contributed by atoms with Gasteiger partial charge in [0.2, 0.25) is 0 Å². The molecule has 0 aliphatic carbocycles. The van der Waals surface area contributed by atoms with Crippen LogP contribution < -0.4 is 5.73 Å². The SMILES string of the molecule is CC[C@@H](c1cccnc1)N(C)C(=O)c1ccc(-c2c(C)cc(N)nc2C)cc1. The van der Waals surface area contributed by atoms with Crippen molar-refractivity contribution in [2.45, 2.75) is 33.2 Å². The number of hydrogen-bond acceptors (Lipinski definition) is 4. The molecule has 0 aliphatic rings. The lowest BCUT2D eigenvalue weighted by Gasteiger charge is -2.27. The number of carbonyl (C=O) groups excluding carboxylic acids is 1. The lowest BCUT2D eigenvalue weighted by Crippen LogP contribution is -2.31. The summed E-state index contributed by atoms with van der Waals surface area (Å²) in [7, 11) is 1.84. The first-order chi connectivity index (χ1) is 13.4. The Labute approximate surface area is 166 Å². The zero-order chi connectivity index (χ0) is 20.3. The van der Waals surface area contributed by atoms with Gasteiger partial charge in [-0.2, -0.15) is 0 Å². The summed E-state index contributed by atoms with van der Waals surface area (Å²) in [5.41, 5.74) is 11.6. The molecule has 1 atom stereocenters. The number of nitrogens with zero attached hydrogens (tertiary/aromatic N) is 3. The summed E-state index contributed by atoms with van der Waals surface area (Å²) in [5, 5.41) is 0. The van der Waals surface area contributed by atoms with Crippen molar-refractivity contribution in [3.63, 3.8) is 0 Å². The highest BCUT2D eigenvalue weighted by Crippen LogP contribution is 2.29. The zero-order valence-corrected chi connectivity index (χ0v) is 16.8. The van der Waals surface area contributed by atoms with Crippen molar-refractivity contribution in [3.8, 4) is 11.1 Å². The van der Waals surface area contributed by atoms with Crippen molar-refractivity contribution in [2.75, 3.05) is 12.8 Å². The third-order valence-electron chi connectivity index (χ3n) is 5.08. The Hall–Kier alpha value is -3.21. The van der Waals surface area contributed by atoms with Gasteiger partial charge in [0.1, 0.15) is 5.82 Å². The van der Waals surface area contributed by atoms with Crippen LogP contribution >= 0.6 is 0 Å². The van der Waals surface area contributed by atoms with E-state index >= 15 is 0 Å². The molecule has 3 rings (SSSR count). The van der Waals surface area contributed by atoms with Gasteiger partial charge in [0.05, 0.1) is 6.04 Å². The fraction of sp³-hybridized carbons (Fsp3) is 0.261. The minimum atomic E-state index is -0.00821. The monoisotopic (exact) mass is 374 g/mol. The third-order valence-corrected chi connectivity index (χ3v) is 5.08. The molecule has 2 N–H and O–H groups in total. The van der Waals surface area contributed by atoms with Crippen LogP contribution in [0.3, 0.4) is 0 Å². The van der Waals surface area contributed by atoms with E-state index in [1.54, 1.807) is 11.1 Å². The predicted octanol–water partition coefficient (Wildman–Crippen LogP) is 4.57. The molecule has 0 aliphatic heterocycles. The second-order valence-electron chi connectivity index (χ2n) is 7.03. The molecule has 5 nitrogen and oxygen atoms in total. The van der Waals surface area contributed by atoms with E-state index < -0.39 is 0 Å². The van der Waals surface area contributed by atoms with Crippen LogP contribution in [-0.2, 0) is 0 Å². The highest BCUT2D eigenvalue weighted by Gasteiger charge is 2.21. The Morgan fingerprint density at radius 1 is 1.18 bits per heavy atom. The molecule has 0 fully saturated rings. The number of benzene rings is 1. The van der Waals surface area contributed by atoms with Crippen LogP contribution in [0.15, 0.2) is 54.9 Å². The van der Waals surface area contributed by atoms with Crippen molar-refractivity contribution in [2.24, 2.45) is 0 Å². The average molecular weight is 374 g/mol. The lowest BCUT2D eigenvalue weighted by molar-refractivity contribution is 0.0726. The zero-order valence-electron chi connectivity index (χ0n) is 16.8. The van der Waals surface area contributed by atoms with Gasteiger partial charge in [-0.25, -0.2) is 4.98 Å². The van der Waals surface area contributed by atoms with E-state index in [1.165, 1.54) is 0 Å². The van der Waals surface area contributed by atoms with Crippen LogP contribution in [-0.4, -0.2) is 27.8 Å². The number of pyridine rings is 2. The second kappa shape index (κ2) is 8.21. The first-order valence-corrected chi connectivity index (χ1v) is 9.43. The number of rotatable bonds is 5. The average Bonchev–Trinajstić information content (AvgIpc) is 2.68. The first kappa shape index (κ1) is 19.5. The number of anilines is 1. The Morgan fingerprint density at radius 3 is 2.46 bits per heavy atom. The van der Waals surface area contributed by atoms with Crippen molar-refractivity contribution in [3.05, 3.63) is 77.2 Å². The minimum Gasteiger partial charge on any atom is -0.384 e. The summed E-state index contributed by atoms with van der Waals surface area (Å²) in [6.07, 6.45) is 4.38. The third kappa shape index (κ3) is 3.88. The number of nitrogens with two attached hydrogens (primary N) is 1. The van der Waals surface area contributed by atoms with Crippen LogP contribution in [0.2, 0.25) is 0 Å². The maximum atomic E-state index is 13.0. The number of hydrogen-bond donors (Lipinski definition) is 1. The topological polar surface area (TPSA) is 72.1 Å². The summed E-state index contributed by atoms with van der Waals surface area (Å²) in [5.74, 6) is 0.513. The van der Waals surface area contributed by atoms with Gasteiger partial charge in [-0.15, -0.1) is 0 Å². The molecular weight excluding hydrogens is 348 g/mol. The van der Waals surface area contributed by atoms with E-state index in [4.69, 9.17) is 5.73 Å². The quantitative estimate of drug-likeness (QED) is 0.710. The Morgan fingerprint density at radius 2 is 1.89 bits per heavy atom. The fourth-order valence-electron chi connectivity index (χ4n) is 3.73. The minimum absolute atomic E-state index is 0.00772. The van der Waals surface area contributed by atoms with E-state index in [-0.39, 0.29) is 11.9 Å². The number of aromatic nitrogens is 2. The van der Waals surface area contributed by atoms with Gasteiger partial charge < -0.3 is 10.6 Å².